The van der Waals surface area contributed by atoms with Gasteiger partial charge in [-0.05, 0) is 44.0 Å². The lowest BCUT2D eigenvalue weighted by Gasteiger charge is -2.20. The second kappa shape index (κ2) is 6.95. The number of rotatable bonds is 5. The molecule has 20 heavy (non-hydrogen) atoms. The highest BCUT2D eigenvalue weighted by molar-refractivity contribution is 6.34. The average Bonchev–Trinajstić information content (AvgIpc) is 2.85. The minimum Gasteiger partial charge on any atom is -0.399 e. The molecule has 2 rings (SSSR count). The lowest BCUT2D eigenvalue weighted by molar-refractivity contribution is -0.117. The second-order valence-electron chi connectivity index (χ2n) is 5.63. The summed E-state index contributed by atoms with van der Waals surface area (Å²) in [7, 11) is 1.99. The van der Waals surface area contributed by atoms with Gasteiger partial charge in [0.1, 0.15) is 0 Å². The number of anilines is 2. The molecule has 0 aromatic heterocycles. The predicted molar refractivity (Wildman–Crippen MR) is 83.9 cm³/mol. The summed E-state index contributed by atoms with van der Waals surface area (Å²) in [5, 5.41) is 3.29. The molecule has 0 spiro atoms. The molecule has 1 aromatic rings. The Balaban J connectivity index is 1.82. The first-order chi connectivity index (χ1) is 9.54. The van der Waals surface area contributed by atoms with E-state index < -0.39 is 0 Å². The molecule has 1 aromatic carbocycles. The Morgan fingerprint density at radius 2 is 2.15 bits per heavy atom. The fourth-order valence-corrected chi connectivity index (χ4v) is 3.00. The Hall–Kier alpha value is -1.26. The molecule has 1 saturated carbocycles. The van der Waals surface area contributed by atoms with Crippen LogP contribution in [0.3, 0.4) is 0 Å². The fraction of sp³-hybridized carbons (Fsp3) is 0.533. The molecular formula is C15H22ClN3O. The molecule has 0 aliphatic heterocycles. The van der Waals surface area contributed by atoms with Crippen molar-refractivity contribution in [3.8, 4) is 0 Å². The fourth-order valence-electron chi connectivity index (χ4n) is 2.77. The number of hydrogen-bond acceptors (Lipinski definition) is 3. The highest BCUT2D eigenvalue weighted by Gasteiger charge is 2.18. The highest BCUT2D eigenvalue weighted by Crippen LogP contribution is 2.25. The molecule has 0 heterocycles. The van der Waals surface area contributed by atoms with Crippen molar-refractivity contribution in [1.29, 1.82) is 0 Å². The van der Waals surface area contributed by atoms with Gasteiger partial charge >= 0.3 is 0 Å². The SMILES string of the molecule is CN(CC(=O)Nc1ccc(N)cc1Cl)CC1CCCC1. The Morgan fingerprint density at radius 1 is 1.45 bits per heavy atom. The molecule has 1 aliphatic carbocycles. The zero-order valence-electron chi connectivity index (χ0n) is 11.9. The first-order valence-corrected chi connectivity index (χ1v) is 7.46. The van der Waals surface area contributed by atoms with Crippen LogP contribution in [-0.4, -0.2) is 30.9 Å². The van der Waals surface area contributed by atoms with Crippen molar-refractivity contribution in [3.05, 3.63) is 23.2 Å². The van der Waals surface area contributed by atoms with Crippen LogP contribution in [0.4, 0.5) is 11.4 Å². The van der Waals surface area contributed by atoms with Crippen LogP contribution in [0.15, 0.2) is 18.2 Å². The Labute approximate surface area is 125 Å². The zero-order chi connectivity index (χ0) is 14.5. The Kier molecular flexibility index (Phi) is 5.26. The van der Waals surface area contributed by atoms with Gasteiger partial charge in [0, 0.05) is 12.2 Å². The average molecular weight is 296 g/mol. The maximum Gasteiger partial charge on any atom is 0.238 e. The Morgan fingerprint density at radius 3 is 2.80 bits per heavy atom. The lowest BCUT2D eigenvalue weighted by Crippen LogP contribution is -2.33. The molecule has 5 heteroatoms. The van der Waals surface area contributed by atoms with E-state index in [1.807, 2.05) is 7.05 Å². The monoisotopic (exact) mass is 295 g/mol. The quantitative estimate of drug-likeness (QED) is 0.821. The molecular weight excluding hydrogens is 274 g/mol. The van der Waals surface area contributed by atoms with Crippen LogP contribution in [0, 0.1) is 5.92 Å². The van der Waals surface area contributed by atoms with E-state index in [0.29, 0.717) is 22.9 Å². The van der Waals surface area contributed by atoms with Crippen molar-refractivity contribution in [3.63, 3.8) is 0 Å². The molecule has 0 atom stereocenters. The third-order valence-corrected chi connectivity index (χ3v) is 4.04. The maximum absolute atomic E-state index is 12.0. The van der Waals surface area contributed by atoms with Crippen molar-refractivity contribution in [2.75, 3.05) is 31.2 Å². The molecule has 0 radical (unpaired) electrons. The van der Waals surface area contributed by atoms with Crippen molar-refractivity contribution in [2.24, 2.45) is 5.92 Å². The number of nitrogens with one attached hydrogen (secondary N) is 1. The summed E-state index contributed by atoms with van der Waals surface area (Å²) < 4.78 is 0. The van der Waals surface area contributed by atoms with Crippen molar-refractivity contribution in [1.82, 2.24) is 4.90 Å². The van der Waals surface area contributed by atoms with Crippen LogP contribution in [0.25, 0.3) is 0 Å². The normalized spacial score (nSPS) is 15.8. The van der Waals surface area contributed by atoms with E-state index >= 15 is 0 Å². The van der Waals surface area contributed by atoms with Gasteiger partial charge in [0.15, 0.2) is 0 Å². The van der Waals surface area contributed by atoms with Gasteiger partial charge in [-0.25, -0.2) is 0 Å². The first kappa shape index (κ1) is 15.1. The molecule has 1 fully saturated rings. The molecule has 0 saturated heterocycles. The second-order valence-corrected chi connectivity index (χ2v) is 6.04. The van der Waals surface area contributed by atoms with Crippen LogP contribution in [0.5, 0.6) is 0 Å². The first-order valence-electron chi connectivity index (χ1n) is 7.08. The maximum atomic E-state index is 12.0. The van der Waals surface area contributed by atoms with Crippen LogP contribution in [-0.2, 0) is 4.79 Å². The minimum absolute atomic E-state index is 0.0443. The van der Waals surface area contributed by atoms with Crippen LogP contribution >= 0.6 is 11.6 Å². The summed E-state index contributed by atoms with van der Waals surface area (Å²) in [5.74, 6) is 0.699. The molecule has 0 bridgehead atoms. The van der Waals surface area contributed by atoms with Crippen molar-refractivity contribution < 1.29 is 4.79 Å². The van der Waals surface area contributed by atoms with Gasteiger partial charge < -0.3 is 11.1 Å². The number of hydrogen-bond donors (Lipinski definition) is 2. The molecule has 4 nitrogen and oxygen atoms in total. The third kappa shape index (κ3) is 4.39. The van der Waals surface area contributed by atoms with E-state index in [-0.39, 0.29) is 5.91 Å². The van der Waals surface area contributed by atoms with Crippen LogP contribution in [0.2, 0.25) is 5.02 Å². The summed E-state index contributed by atoms with van der Waals surface area (Å²) in [6.07, 6.45) is 5.23. The number of likely N-dealkylation sites (N-methyl/N-ethyl adjacent to an activating group) is 1. The van der Waals surface area contributed by atoms with E-state index in [4.69, 9.17) is 17.3 Å². The number of nitrogens with zero attached hydrogens (tertiary/aromatic N) is 1. The standard InChI is InChI=1S/C15H22ClN3O/c1-19(9-11-4-2-3-5-11)10-15(20)18-14-7-6-12(17)8-13(14)16/h6-8,11H,2-5,9-10,17H2,1H3,(H,18,20). The Bertz CT molecular complexity index is 472. The van der Waals surface area contributed by atoms with Gasteiger partial charge in [0.05, 0.1) is 17.3 Å². The number of benzene rings is 1. The van der Waals surface area contributed by atoms with Gasteiger partial charge in [-0.1, -0.05) is 24.4 Å². The van der Waals surface area contributed by atoms with Crippen LogP contribution < -0.4 is 11.1 Å². The summed E-state index contributed by atoms with van der Waals surface area (Å²) >= 11 is 6.04. The van der Waals surface area contributed by atoms with Gasteiger partial charge in [-0.2, -0.15) is 0 Å². The van der Waals surface area contributed by atoms with Crippen molar-refractivity contribution in [2.45, 2.75) is 25.7 Å². The summed E-state index contributed by atoms with van der Waals surface area (Å²) in [4.78, 5) is 14.1. The van der Waals surface area contributed by atoms with Gasteiger partial charge in [-0.3, -0.25) is 9.69 Å². The van der Waals surface area contributed by atoms with E-state index in [1.54, 1.807) is 18.2 Å². The summed E-state index contributed by atoms with van der Waals surface area (Å²) in [5.41, 5.74) is 6.83. The molecule has 1 aliphatic rings. The summed E-state index contributed by atoms with van der Waals surface area (Å²) in [6, 6.07) is 5.09. The lowest BCUT2D eigenvalue weighted by atomic mass is 10.1. The molecule has 110 valence electrons. The number of carbonyl (C=O) groups excluding carboxylic acids is 1. The summed E-state index contributed by atoms with van der Waals surface area (Å²) in [6.45, 7) is 1.38. The van der Waals surface area contributed by atoms with Gasteiger partial charge in [-0.15, -0.1) is 0 Å². The number of nitrogens with two attached hydrogens (primary N) is 1. The zero-order valence-corrected chi connectivity index (χ0v) is 12.6. The topological polar surface area (TPSA) is 58.4 Å². The number of amides is 1. The smallest absolute Gasteiger partial charge is 0.238 e. The largest absolute Gasteiger partial charge is 0.399 e. The predicted octanol–water partition coefficient (Wildman–Crippen LogP) is 2.98. The number of nitrogen functional groups attached to an aromatic ring is 1. The number of carbonyl (C=O) groups is 1. The molecule has 1 amide bonds. The number of halogens is 1. The van der Waals surface area contributed by atoms with E-state index in [2.05, 4.69) is 10.2 Å². The van der Waals surface area contributed by atoms with E-state index in [9.17, 15) is 4.79 Å². The highest BCUT2D eigenvalue weighted by atomic mass is 35.5. The van der Waals surface area contributed by atoms with Gasteiger partial charge in [0.2, 0.25) is 5.91 Å². The van der Waals surface area contributed by atoms with Crippen molar-refractivity contribution >= 4 is 28.9 Å². The molecule has 0 unspecified atom stereocenters. The minimum atomic E-state index is -0.0443. The third-order valence-electron chi connectivity index (χ3n) is 3.73. The van der Waals surface area contributed by atoms with E-state index in [1.165, 1.54) is 25.7 Å². The molecule has 3 N–H and O–H groups in total. The van der Waals surface area contributed by atoms with E-state index in [0.717, 1.165) is 12.5 Å². The van der Waals surface area contributed by atoms with Gasteiger partial charge in [0.25, 0.3) is 0 Å². The van der Waals surface area contributed by atoms with Crippen LogP contribution in [0.1, 0.15) is 25.7 Å².